The number of hydrogen-bond donors (Lipinski definition) is 1. The Morgan fingerprint density at radius 2 is 1.78 bits per heavy atom. The van der Waals surface area contributed by atoms with Crippen molar-refractivity contribution < 1.29 is 24.2 Å². The Morgan fingerprint density at radius 1 is 1.00 bits per heavy atom. The largest absolute Gasteiger partial charge is 0.507 e. The summed E-state index contributed by atoms with van der Waals surface area (Å²) in [5.41, 5.74) is 3.73. The van der Waals surface area contributed by atoms with Crippen LogP contribution in [0.25, 0.3) is 16.0 Å². The van der Waals surface area contributed by atoms with Crippen molar-refractivity contribution in [2.75, 3.05) is 19.1 Å². The molecule has 0 radical (unpaired) electrons. The zero-order valence-electron chi connectivity index (χ0n) is 20.2. The van der Waals surface area contributed by atoms with E-state index in [0.717, 1.165) is 21.3 Å². The summed E-state index contributed by atoms with van der Waals surface area (Å²) in [6.07, 6.45) is 0. The molecule has 1 fully saturated rings. The molecule has 0 saturated carbocycles. The number of Topliss-reactive ketones (excluding diaryl/α,β-unsaturated/α-hetero) is 1. The molecule has 4 aromatic rings. The van der Waals surface area contributed by atoms with Crippen molar-refractivity contribution in [1.82, 2.24) is 4.98 Å². The first kappa shape index (κ1) is 23.6. The first-order chi connectivity index (χ1) is 17.3. The predicted octanol–water partition coefficient (Wildman–Crippen LogP) is 5.56. The summed E-state index contributed by atoms with van der Waals surface area (Å²) < 4.78 is 11.8. The molecule has 36 heavy (non-hydrogen) atoms. The monoisotopic (exact) mass is 500 g/mol. The summed E-state index contributed by atoms with van der Waals surface area (Å²) in [5, 5.41) is 11.8. The third-order valence-electron chi connectivity index (χ3n) is 6.25. The Bertz CT molecular complexity index is 1550. The van der Waals surface area contributed by atoms with Gasteiger partial charge < -0.3 is 14.6 Å². The lowest BCUT2D eigenvalue weighted by Gasteiger charge is -2.24. The van der Waals surface area contributed by atoms with Gasteiger partial charge in [0, 0.05) is 11.1 Å². The van der Waals surface area contributed by atoms with Crippen LogP contribution in [-0.4, -0.2) is 36.0 Å². The minimum Gasteiger partial charge on any atom is -0.507 e. The molecule has 1 aromatic heterocycles. The van der Waals surface area contributed by atoms with E-state index in [1.807, 2.05) is 26.0 Å². The average molecular weight is 501 g/mol. The van der Waals surface area contributed by atoms with Crippen LogP contribution < -0.4 is 14.4 Å². The Hall–Kier alpha value is -4.17. The highest BCUT2D eigenvalue weighted by molar-refractivity contribution is 7.22. The third-order valence-corrected chi connectivity index (χ3v) is 7.25. The number of fused-ring (bicyclic) bond motifs is 1. The van der Waals surface area contributed by atoms with Crippen LogP contribution in [0.2, 0.25) is 0 Å². The number of thiazole rings is 1. The van der Waals surface area contributed by atoms with Gasteiger partial charge in [0.2, 0.25) is 0 Å². The van der Waals surface area contributed by atoms with Gasteiger partial charge in [-0.2, -0.15) is 0 Å². The number of ketones is 1. The second kappa shape index (κ2) is 9.13. The van der Waals surface area contributed by atoms with Gasteiger partial charge >= 0.3 is 5.91 Å². The molecule has 0 aliphatic carbocycles. The highest BCUT2D eigenvalue weighted by Crippen LogP contribution is 2.46. The summed E-state index contributed by atoms with van der Waals surface area (Å²) in [4.78, 5) is 33.1. The van der Waals surface area contributed by atoms with E-state index in [4.69, 9.17) is 14.5 Å². The third kappa shape index (κ3) is 3.79. The number of aliphatic hydroxyl groups excluding tert-OH is 1. The smallest absolute Gasteiger partial charge is 0.301 e. The van der Waals surface area contributed by atoms with Gasteiger partial charge in [-0.15, -0.1) is 0 Å². The number of benzene rings is 3. The molecule has 1 amide bonds. The number of carbonyl (C=O) groups excluding carboxylic acids is 2. The van der Waals surface area contributed by atoms with Gasteiger partial charge in [0.25, 0.3) is 5.78 Å². The minimum atomic E-state index is -0.936. The fourth-order valence-electron chi connectivity index (χ4n) is 4.60. The molecule has 5 rings (SSSR count). The van der Waals surface area contributed by atoms with E-state index in [9.17, 15) is 14.7 Å². The second-order valence-electron chi connectivity index (χ2n) is 8.57. The molecule has 1 atom stereocenters. The quantitative estimate of drug-likeness (QED) is 0.219. The van der Waals surface area contributed by atoms with Gasteiger partial charge in [-0.05, 0) is 49.2 Å². The van der Waals surface area contributed by atoms with Gasteiger partial charge in [0.05, 0.1) is 30.0 Å². The number of aliphatic hydroxyl groups is 1. The van der Waals surface area contributed by atoms with Crippen molar-refractivity contribution in [3.05, 3.63) is 88.5 Å². The van der Waals surface area contributed by atoms with E-state index < -0.39 is 17.7 Å². The molecule has 0 spiro atoms. The summed E-state index contributed by atoms with van der Waals surface area (Å²) in [6.45, 7) is 3.97. The van der Waals surface area contributed by atoms with Crippen molar-refractivity contribution in [2.24, 2.45) is 0 Å². The van der Waals surface area contributed by atoms with E-state index in [-0.39, 0.29) is 11.3 Å². The number of aromatic nitrogens is 1. The molecule has 182 valence electrons. The standard InChI is InChI=1S/C28H24N2O5S/c1-15-12-16(2)23-21(13-15)36-28(29-23)30-24(19-10-5-6-11-20(19)35-4)22(26(32)27(30)33)25(31)17-8-7-9-18(14-17)34-3/h5-14,24,31H,1-4H3/b25-22+. The first-order valence-electron chi connectivity index (χ1n) is 11.3. The van der Waals surface area contributed by atoms with Crippen LogP contribution in [0.4, 0.5) is 5.13 Å². The highest BCUT2D eigenvalue weighted by Gasteiger charge is 2.49. The Morgan fingerprint density at radius 3 is 2.53 bits per heavy atom. The molecule has 0 bridgehead atoms. The molecule has 1 N–H and O–H groups in total. The molecule has 8 heteroatoms. The van der Waals surface area contributed by atoms with Gasteiger partial charge in [-0.3, -0.25) is 14.5 Å². The summed E-state index contributed by atoms with van der Waals surface area (Å²) in [6, 6.07) is 17.0. The molecule has 1 unspecified atom stereocenters. The number of methoxy groups -OCH3 is 2. The minimum absolute atomic E-state index is 0.0371. The number of ether oxygens (including phenoxy) is 2. The lowest BCUT2D eigenvalue weighted by Crippen LogP contribution is -2.29. The number of rotatable bonds is 5. The maximum atomic E-state index is 13.5. The summed E-state index contributed by atoms with van der Waals surface area (Å²) in [7, 11) is 3.04. The number of aryl methyl sites for hydroxylation is 2. The van der Waals surface area contributed by atoms with Gasteiger partial charge in [-0.1, -0.05) is 47.7 Å². The zero-order chi connectivity index (χ0) is 25.6. The number of carbonyl (C=O) groups is 2. The summed E-state index contributed by atoms with van der Waals surface area (Å²) in [5.74, 6) is -0.848. The van der Waals surface area contributed by atoms with E-state index in [1.165, 1.54) is 30.5 Å². The van der Waals surface area contributed by atoms with Crippen LogP contribution in [-0.2, 0) is 9.59 Å². The normalized spacial score (nSPS) is 17.1. The predicted molar refractivity (Wildman–Crippen MR) is 140 cm³/mol. The lowest BCUT2D eigenvalue weighted by molar-refractivity contribution is -0.132. The Balaban J connectivity index is 1.77. The fraction of sp³-hybridized carbons (Fsp3) is 0.179. The van der Waals surface area contributed by atoms with Crippen LogP contribution in [0, 0.1) is 13.8 Å². The van der Waals surface area contributed by atoms with Crippen LogP contribution in [0.1, 0.15) is 28.3 Å². The molecule has 1 aliphatic rings. The van der Waals surface area contributed by atoms with Gasteiger partial charge in [0.15, 0.2) is 5.13 Å². The van der Waals surface area contributed by atoms with Crippen molar-refractivity contribution in [2.45, 2.75) is 19.9 Å². The first-order valence-corrected chi connectivity index (χ1v) is 12.1. The van der Waals surface area contributed by atoms with Crippen molar-refractivity contribution >= 4 is 44.1 Å². The van der Waals surface area contributed by atoms with E-state index in [0.29, 0.717) is 27.8 Å². The van der Waals surface area contributed by atoms with Gasteiger partial charge in [0.1, 0.15) is 23.3 Å². The maximum absolute atomic E-state index is 13.5. The van der Waals surface area contributed by atoms with Crippen LogP contribution in [0.5, 0.6) is 11.5 Å². The fourth-order valence-corrected chi connectivity index (χ4v) is 5.77. The summed E-state index contributed by atoms with van der Waals surface area (Å²) >= 11 is 1.33. The molecule has 7 nitrogen and oxygen atoms in total. The van der Waals surface area contributed by atoms with Crippen LogP contribution >= 0.6 is 11.3 Å². The van der Waals surface area contributed by atoms with E-state index in [2.05, 4.69) is 0 Å². The van der Waals surface area contributed by atoms with E-state index in [1.54, 1.807) is 48.5 Å². The number of amides is 1. The van der Waals surface area contributed by atoms with E-state index >= 15 is 0 Å². The van der Waals surface area contributed by atoms with Crippen molar-refractivity contribution in [1.29, 1.82) is 0 Å². The number of anilines is 1. The Labute approximate surface area is 212 Å². The lowest BCUT2D eigenvalue weighted by atomic mass is 9.94. The molecular weight excluding hydrogens is 476 g/mol. The average Bonchev–Trinajstić information content (AvgIpc) is 3.42. The highest BCUT2D eigenvalue weighted by atomic mass is 32.1. The molecule has 1 saturated heterocycles. The molecular formula is C28H24N2O5S. The number of nitrogens with zero attached hydrogens (tertiary/aromatic N) is 2. The second-order valence-corrected chi connectivity index (χ2v) is 9.58. The Kier molecular flexibility index (Phi) is 5.97. The van der Waals surface area contributed by atoms with Crippen molar-refractivity contribution in [3.63, 3.8) is 0 Å². The maximum Gasteiger partial charge on any atom is 0.301 e. The topological polar surface area (TPSA) is 89.0 Å². The number of hydrogen-bond acceptors (Lipinski definition) is 7. The molecule has 1 aliphatic heterocycles. The van der Waals surface area contributed by atoms with Crippen molar-refractivity contribution in [3.8, 4) is 11.5 Å². The van der Waals surface area contributed by atoms with Crippen LogP contribution in [0.15, 0.2) is 66.2 Å². The van der Waals surface area contributed by atoms with Crippen LogP contribution in [0.3, 0.4) is 0 Å². The molecule has 3 aromatic carbocycles. The van der Waals surface area contributed by atoms with Gasteiger partial charge in [-0.25, -0.2) is 4.98 Å². The SMILES string of the molecule is COc1cccc(/C(O)=C2\C(=O)C(=O)N(c3nc4c(C)cc(C)cc4s3)C2c2ccccc2OC)c1. The molecule has 2 heterocycles. The number of para-hydroxylation sites is 1. The zero-order valence-corrected chi connectivity index (χ0v) is 21.1.